The zero-order valence-electron chi connectivity index (χ0n) is 8.71. The molecule has 2 rings (SSSR count). The second kappa shape index (κ2) is 4.54. The summed E-state index contributed by atoms with van der Waals surface area (Å²) >= 11 is 5.70. The van der Waals surface area contributed by atoms with E-state index in [1.807, 2.05) is 18.2 Å². The SMILES string of the molecule is COc1cccc(-c2ccc(Cl)cc2F)c1. The average molecular weight is 237 g/mol. The van der Waals surface area contributed by atoms with Crippen LogP contribution in [0.25, 0.3) is 11.1 Å². The summed E-state index contributed by atoms with van der Waals surface area (Å²) in [7, 11) is 1.58. The van der Waals surface area contributed by atoms with Crippen molar-refractivity contribution >= 4 is 11.6 Å². The van der Waals surface area contributed by atoms with Crippen LogP contribution in [0.2, 0.25) is 5.02 Å². The van der Waals surface area contributed by atoms with Gasteiger partial charge in [0.25, 0.3) is 0 Å². The predicted molar refractivity (Wildman–Crippen MR) is 63.4 cm³/mol. The Labute approximate surface area is 98.4 Å². The maximum absolute atomic E-state index is 13.6. The lowest BCUT2D eigenvalue weighted by Gasteiger charge is -2.06. The Kier molecular flexibility index (Phi) is 3.11. The van der Waals surface area contributed by atoms with Crippen LogP contribution >= 0.6 is 11.6 Å². The number of rotatable bonds is 2. The second-order valence-electron chi connectivity index (χ2n) is 3.36. The van der Waals surface area contributed by atoms with Gasteiger partial charge in [0.15, 0.2) is 0 Å². The van der Waals surface area contributed by atoms with E-state index in [4.69, 9.17) is 16.3 Å². The van der Waals surface area contributed by atoms with Gasteiger partial charge in [-0.25, -0.2) is 4.39 Å². The van der Waals surface area contributed by atoms with Crippen molar-refractivity contribution in [2.75, 3.05) is 7.11 Å². The molecule has 0 bridgehead atoms. The molecule has 82 valence electrons. The number of hydrogen-bond acceptors (Lipinski definition) is 1. The van der Waals surface area contributed by atoms with Gasteiger partial charge in [-0.3, -0.25) is 0 Å². The minimum absolute atomic E-state index is 0.333. The third-order valence-electron chi connectivity index (χ3n) is 2.31. The monoisotopic (exact) mass is 236 g/mol. The van der Waals surface area contributed by atoms with Crippen molar-refractivity contribution in [2.24, 2.45) is 0 Å². The normalized spacial score (nSPS) is 10.2. The third kappa shape index (κ3) is 2.17. The first-order valence-corrected chi connectivity index (χ1v) is 5.18. The van der Waals surface area contributed by atoms with Crippen molar-refractivity contribution in [1.29, 1.82) is 0 Å². The molecule has 0 N–H and O–H groups in total. The summed E-state index contributed by atoms with van der Waals surface area (Å²) in [5, 5.41) is 0.393. The van der Waals surface area contributed by atoms with Crippen LogP contribution in [0.4, 0.5) is 4.39 Å². The molecule has 0 aromatic heterocycles. The molecule has 0 fully saturated rings. The summed E-state index contributed by atoms with van der Waals surface area (Å²) in [6.45, 7) is 0. The summed E-state index contributed by atoms with van der Waals surface area (Å²) < 4.78 is 18.7. The van der Waals surface area contributed by atoms with Gasteiger partial charge in [-0.1, -0.05) is 23.7 Å². The largest absolute Gasteiger partial charge is 0.497 e. The Morgan fingerprint density at radius 3 is 2.62 bits per heavy atom. The predicted octanol–water partition coefficient (Wildman–Crippen LogP) is 4.15. The number of ether oxygens (including phenoxy) is 1. The number of benzene rings is 2. The molecule has 0 aliphatic heterocycles. The van der Waals surface area contributed by atoms with Gasteiger partial charge in [0.05, 0.1) is 7.11 Å². The second-order valence-corrected chi connectivity index (χ2v) is 3.79. The molecule has 0 aliphatic rings. The molecule has 2 aromatic rings. The first-order valence-electron chi connectivity index (χ1n) is 4.80. The van der Waals surface area contributed by atoms with Gasteiger partial charge in [0.2, 0.25) is 0 Å². The minimum Gasteiger partial charge on any atom is -0.497 e. The van der Waals surface area contributed by atoms with E-state index in [0.29, 0.717) is 16.3 Å². The van der Waals surface area contributed by atoms with Crippen molar-refractivity contribution in [3.05, 3.63) is 53.3 Å². The Bertz CT molecular complexity index is 511. The van der Waals surface area contributed by atoms with Crippen LogP contribution in [0.3, 0.4) is 0 Å². The van der Waals surface area contributed by atoms with E-state index in [2.05, 4.69) is 0 Å². The van der Waals surface area contributed by atoms with Crippen molar-refractivity contribution in [3.8, 4) is 16.9 Å². The van der Waals surface area contributed by atoms with Gasteiger partial charge in [-0.2, -0.15) is 0 Å². The van der Waals surface area contributed by atoms with Crippen molar-refractivity contribution in [2.45, 2.75) is 0 Å². The first-order chi connectivity index (χ1) is 7.70. The lowest BCUT2D eigenvalue weighted by molar-refractivity contribution is 0.415. The van der Waals surface area contributed by atoms with Crippen LogP contribution in [-0.2, 0) is 0 Å². The quantitative estimate of drug-likeness (QED) is 0.761. The zero-order chi connectivity index (χ0) is 11.5. The van der Waals surface area contributed by atoms with Crippen LogP contribution in [0.15, 0.2) is 42.5 Å². The fourth-order valence-electron chi connectivity index (χ4n) is 1.51. The van der Waals surface area contributed by atoms with Gasteiger partial charge in [0.1, 0.15) is 11.6 Å². The lowest BCUT2D eigenvalue weighted by atomic mass is 10.1. The Hall–Kier alpha value is -1.54. The van der Waals surface area contributed by atoms with Crippen LogP contribution in [0.5, 0.6) is 5.75 Å². The molecule has 0 aliphatic carbocycles. The topological polar surface area (TPSA) is 9.23 Å². The minimum atomic E-state index is -0.333. The Morgan fingerprint density at radius 2 is 1.94 bits per heavy atom. The van der Waals surface area contributed by atoms with Crippen LogP contribution in [0.1, 0.15) is 0 Å². The molecule has 0 amide bonds. The van der Waals surface area contributed by atoms with Crippen molar-refractivity contribution < 1.29 is 9.13 Å². The van der Waals surface area contributed by atoms with E-state index in [0.717, 1.165) is 5.56 Å². The van der Waals surface area contributed by atoms with Crippen molar-refractivity contribution in [3.63, 3.8) is 0 Å². The van der Waals surface area contributed by atoms with E-state index < -0.39 is 0 Å². The number of hydrogen-bond donors (Lipinski definition) is 0. The molecule has 3 heteroatoms. The molecule has 0 saturated heterocycles. The standard InChI is InChI=1S/C13H10ClFO/c1-16-11-4-2-3-9(7-11)12-6-5-10(14)8-13(12)15/h2-8H,1H3. The number of methoxy groups -OCH3 is 1. The fourth-order valence-corrected chi connectivity index (χ4v) is 1.67. The third-order valence-corrected chi connectivity index (χ3v) is 2.55. The molecule has 0 spiro atoms. The van der Waals surface area contributed by atoms with E-state index in [1.54, 1.807) is 25.3 Å². The molecule has 0 unspecified atom stereocenters. The fraction of sp³-hybridized carbons (Fsp3) is 0.0769. The zero-order valence-corrected chi connectivity index (χ0v) is 9.46. The lowest BCUT2D eigenvalue weighted by Crippen LogP contribution is -1.86. The van der Waals surface area contributed by atoms with E-state index >= 15 is 0 Å². The highest BCUT2D eigenvalue weighted by Crippen LogP contribution is 2.27. The van der Waals surface area contributed by atoms with Crippen molar-refractivity contribution in [1.82, 2.24) is 0 Å². The Morgan fingerprint density at radius 1 is 1.12 bits per heavy atom. The van der Waals surface area contributed by atoms with E-state index in [9.17, 15) is 4.39 Å². The average Bonchev–Trinajstić information content (AvgIpc) is 2.29. The highest BCUT2D eigenvalue weighted by atomic mass is 35.5. The molecule has 0 saturated carbocycles. The van der Waals surface area contributed by atoms with Crippen LogP contribution in [0, 0.1) is 5.82 Å². The summed E-state index contributed by atoms with van der Waals surface area (Å²) in [6.07, 6.45) is 0. The number of halogens is 2. The molecule has 0 atom stereocenters. The molecule has 0 radical (unpaired) electrons. The Balaban J connectivity index is 2.49. The van der Waals surface area contributed by atoms with Crippen LogP contribution in [-0.4, -0.2) is 7.11 Å². The highest BCUT2D eigenvalue weighted by molar-refractivity contribution is 6.30. The maximum atomic E-state index is 13.6. The van der Waals surface area contributed by atoms with E-state index in [-0.39, 0.29) is 5.82 Å². The van der Waals surface area contributed by atoms with Gasteiger partial charge < -0.3 is 4.74 Å². The molecular weight excluding hydrogens is 227 g/mol. The molecule has 0 heterocycles. The molecular formula is C13H10ClFO. The van der Waals surface area contributed by atoms with Gasteiger partial charge in [0, 0.05) is 10.6 Å². The van der Waals surface area contributed by atoms with E-state index in [1.165, 1.54) is 6.07 Å². The summed E-state index contributed by atoms with van der Waals surface area (Å²) in [6, 6.07) is 11.9. The summed E-state index contributed by atoms with van der Waals surface area (Å²) in [5.74, 6) is 0.368. The molecule has 1 nitrogen and oxygen atoms in total. The molecule has 2 aromatic carbocycles. The van der Waals surface area contributed by atoms with Crippen LogP contribution < -0.4 is 4.74 Å². The van der Waals surface area contributed by atoms with Gasteiger partial charge in [-0.15, -0.1) is 0 Å². The van der Waals surface area contributed by atoms with Gasteiger partial charge >= 0.3 is 0 Å². The highest BCUT2D eigenvalue weighted by Gasteiger charge is 2.06. The van der Waals surface area contributed by atoms with Gasteiger partial charge in [-0.05, 0) is 35.9 Å². The smallest absolute Gasteiger partial charge is 0.132 e. The maximum Gasteiger partial charge on any atom is 0.132 e. The summed E-state index contributed by atoms with van der Waals surface area (Å²) in [5.41, 5.74) is 1.29. The first kappa shape index (κ1) is 11.0. The summed E-state index contributed by atoms with van der Waals surface area (Å²) in [4.78, 5) is 0. The molecule has 16 heavy (non-hydrogen) atoms.